The summed E-state index contributed by atoms with van der Waals surface area (Å²) in [5.41, 5.74) is -3.00. The Labute approximate surface area is 87.2 Å². The van der Waals surface area contributed by atoms with Gasteiger partial charge in [0.2, 0.25) is 0 Å². The smallest absolute Gasteiger partial charge is 0.166 e. The first-order valence-corrected chi connectivity index (χ1v) is 4.06. The number of halogens is 6. The first kappa shape index (κ1) is 12.6. The van der Waals surface area contributed by atoms with E-state index < -0.39 is 29.1 Å². The molecular weight excluding hydrogens is 234 g/mol. The minimum Gasteiger partial charge on any atom is -0.166 e. The largest absolute Gasteiger partial charge is 0.416 e. The number of allylic oxidation sites excluding steroid dienone is 1. The van der Waals surface area contributed by atoms with Crippen LogP contribution in [0.3, 0.4) is 0 Å². The fourth-order valence-electron chi connectivity index (χ4n) is 1.05. The van der Waals surface area contributed by atoms with Crippen LogP contribution in [-0.2, 0) is 6.18 Å². The van der Waals surface area contributed by atoms with Crippen molar-refractivity contribution in [1.82, 2.24) is 0 Å². The Hall–Kier alpha value is -1.46. The Morgan fingerprint density at radius 3 is 2.00 bits per heavy atom. The molecule has 0 unspecified atom stereocenters. The highest BCUT2D eigenvalue weighted by atomic mass is 19.4. The van der Waals surface area contributed by atoms with Crippen molar-refractivity contribution in [3.63, 3.8) is 0 Å². The molecule has 0 fully saturated rings. The molecule has 1 aromatic carbocycles. The molecule has 0 saturated carbocycles. The summed E-state index contributed by atoms with van der Waals surface area (Å²) in [4.78, 5) is 0. The number of hydrogen-bond donors (Lipinski definition) is 0. The summed E-state index contributed by atoms with van der Waals surface area (Å²) >= 11 is 0. The van der Waals surface area contributed by atoms with E-state index in [1.54, 1.807) is 0 Å². The molecule has 0 aliphatic heterocycles. The maximum absolute atomic E-state index is 12.2. The second-order valence-electron chi connectivity index (χ2n) is 3.05. The van der Waals surface area contributed by atoms with Gasteiger partial charge in [-0.2, -0.15) is 26.3 Å². The van der Waals surface area contributed by atoms with Gasteiger partial charge in [0.15, 0.2) is 0 Å². The van der Waals surface area contributed by atoms with Crippen molar-refractivity contribution in [2.75, 3.05) is 0 Å². The standard InChI is InChI=1S/C10H6F6/c1-6(9(11,12)13)7-3-2-4-8(5-7)10(14,15)16/h2-5H,1H2. The lowest BCUT2D eigenvalue weighted by Crippen LogP contribution is -2.11. The molecule has 0 amide bonds. The molecule has 0 atom stereocenters. The van der Waals surface area contributed by atoms with Gasteiger partial charge in [0, 0.05) is 0 Å². The van der Waals surface area contributed by atoms with Crippen LogP contribution in [0, 0.1) is 0 Å². The Morgan fingerprint density at radius 2 is 1.56 bits per heavy atom. The van der Waals surface area contributed by atoms with E-state index in [-0.39, 0.29) is 0 Å². The van der Waals surface area contributed by atoms with Gasteiger partial charge in [-0.05, 0) is 17.7 Å². The van der Waals surface area contributed by atoms with Gasteiger partial charge in [0.1, 0.15) is 0 Å². The van der Waals surface area contributed by atoms with Crippen molar-refractivity contribution in [2.45, 2.75) is 12.4 Å². The van der Waals surface area contributed by atoms with Crippen LogP contribution in [0.1, 0.15) is 11.1 Å². The molecule has 0 N–H and O–H groups in total. The average molecular weight is 240 g/mol. The first-order valence-electron chi connectivity index (χ1n) is 4.06. The van der Waals surface area contributed by atoms with E-state index in [9.17, 15) is 26.3 Å². The van der Waals surface area contributed by atoms with Crippen LogP contribution in [0.4, 0.5) is 26.3 Å². The normalized spacial score (nSPS) is 12.6. The van der Waals surface area contributed by atoms with E-state index in [4.69, 9.17) is 0 Å². The van der Waals surface area contributed by atoms with Gasteiger partial charge in [-0.1, -0.05) is 18.7 Å². The Morgan fingerprint density at radius 1 is 1.00 bits per heavy atom. The van der Waals surface area contributed by atoms with E-state index in [1.807, 2.05) is 0 Å². The number of hydrogen-bond acceptors (Lipinski definition) is 0. The third kappa shape index (κ3) is 2.77. The maximum Gasteiger partial charge on any atom is 0.416 e. The molecule has 0 radical (unpaired) electrons. The molecule has 1 aromatic rings. The van der Waals surface area contributed by atoms with Gasteiger partial charge in [0.05, 0.1) is 11.1 Å². The highest BCUT2D eigenvalue weighted by molar-refractivity contribution is 5.67. The molecule has 1 rings (SSSR count). The molecule has 0 aliphatic rings. The van der Waals surface area contributed by atoms with Crippen LogP contribution in [0.15, 0.2) is 30.8 Å². The van der Waals surface area contributed by atoms with E-state index in [0.29, 0.717) is 12.1 Å². The highest BCUT2D eigenvalue weighted by Gasteiger charge is 2.35. The van der Waals surface area contributed by atoms with Crippen LogP contribution in [0.5, 0.6) is 0 Å². The zero-order valence-corrected chi connectivity index (χ0v) is 7.78. The molecule has 16 heavy (non-hydrogen) atoms. The summed E-state index contributed by atoms with van der Waals surface area (Å²) in [7, 11) is 0. The summed E-state index contributed by atoms with van der Waals surface area (Å²) in [6, 6.07) is 2.98. The molecule has 0 nitrogen and oxygen atoms in total. The van der Waals surface area contributed by atoms with Gasteiger partial charge in [-0.15, -0.1) is 0 Å². The molecule has 0 aromatic heterocycles. The van der Waals surface area contributed by atoms with Crippen molar-refractivity contribution in [3.8, 4) is 0 Å². The summed E-state index contributed by atoms with van der Waals surface area (Å²) in [5.74, 6) is 0. The molecule has 6 heteroatoms. The number of alkyl halides is 6. The van der Waals surface area contributed by atoms with Gasteiger partial charge >= 0.3 is 12.4 Å². The summed E-state index contributed by atoms with van der Waals surface area (Å²) < 4.78 is 73.2. The van der Waals surface area contributed by atoms with E-state index in [1.165, 1.54) is 0 Å². The van der Waals surface area contributed by atoms with Crippen molar-refractivity contribution in [2.24, 2.45) is 0 Å². The summed E-state index contributed by atoms with van der Waals surface area (Å²) in [6.07, 6.45) is -9.40. The van der Waals surface area contributed by atoms with Crippen molar-refractivity contribution >= 4 is 5.57 Å². The number of benzene rings is 1. The molecule has 0 heterocycles. The third-order valence-electron chi connectivity index (χ3n) is 1.88. The SMILES string of the molecule is C=C(c1cccc(C(F)(F)F)c1)C(F)(F)F. The first-order chi connectivity index (χ1) is 7.12. The zero-order chi connectivity index (χ0) is 12.6. The second kappa shape index (κ2) is 3.84. The van der Waals surface area contributed by atoms with E-state index in [0.717, 1.165) is 12.1 Å². The monoisotopic (exact) mass is 240 g/mol. The van der Waals surface area contributed by atoms with Crippen molar-refractivity contribution in [3.05, 3.63) is 42.0 Å². The lowest BCUT2D eigenvalue weighted by atomic mass is 10.0. The van der Waals surface area contributed by atoms with Gasteiger partial charge in [-0.3, -0.25) is 0 Å². The quantitative estimate of drug-likeness (QED) is 0.642. The van der Waals surface area contributed by atoms with E-state index >= 15 is 0 Å². The summed E-state index contributed by atoms with van der Waals surface area (Å²) in [5, 5.41) is 0. The maximum atomic E-state index is 12.2. The van der Waals surface area contributed by atoms with Gasteiger partial charge in [0.25, 0.3) is 0 Å². The fraction of sp³-hybridized carbons (Fsp3) is 0.200. The predicted molar refractivity (Wildman–Crippen MR) is 46.5 cm³/mol. The number of rotatable bonds is 1. The van der Waals surface area contributed by atoms with Crippen LogP contribution in [-0.4, -0.2) is 6.18 Å². The highest BCUT2D eigenvalue weighted by Crippen LogP contribution is 2.35. The van der Waals surface area contributed by atoms with Gasteiger partial charge < -0.3 is 0 Å². The van der Waals surface area contributed by atoms with Crippen molar-refractivity contribution < 1.29 is 26.3 Å². The van der Waals surface area contributed by atoms with E-state index in [2.05, 4.69) is 6.58 Å². The van der Waals surface area contributed by atoms with Crippen LogP contribution >= 0.6 is 0 Å². The molecule has 88 valence electrons. The summed E-state index contributed by atoms with van der Waals surface area (Å²) in [6.45, 7) is 2.73. The Balaban J connectivity index is 3.14. The minimum absolute atomic E-state index is 0.426. The third-order valence-corrected chi connectivity index (χ3v) is 1.88. The lowest BCUT2D eigenvalue weighted by Gasteiger charge is -2.12. The molecule has 0 spiro atoms. The topological polar surface area (TPSA) is 0 Å². The minimum atomic E-state index is -4.73. The molecule has 0 bridgehead atoms. The van der Waals surface area contributed by atoms with Crippen LogP contribution < -0.4 is 0 Å². The van der Waals surface area contributed by atoms with Crippen LogP contribution in [0.25, 0.3) is 5.57 Å². The van der Waals surface area contributed by atoms with Crippen molar-refractivity contribution in [1.29, 1.82) is 0 Å². The molecular formula is C10H6F6. The Kier molecular flexibility index (Phi) is 3.03. The lowest BCUT2D eigenvalue weighted by molar-refractivity contribution is -0.137. The second-order valence-corrected chi connectivity index (χ2v) is 3.05. The fourth-order valence-corrected chi connectivity index (χ4v) is 1.05. The van der Waals surface area contributed by atoms with Gasteiger partial charge in [-0.25, -0.2) is 0 Å². The predicted octanol–water partition coefficient (Wildman–Crippen LogP) is 4.28. The zero-order valence-electron chi connectivity index (χ0n) is 7.78. The average Bonchev–Trinajstić information content (AvgIpc) is 2.14. The molecule has 0 aliphatic carbocycles. The Bertz CT molecular complexity index is 399. The molecule has 0 saturated heterocycles. The van der Waals surface area contributed by atoms with Crippen LogP contribution in [0.2, 0.25) is 0 Å².